The molecule has 1 aliphatic carbocycles. The Hall–Kier alpha value is -2.67. The van der Waals surface area contributed by atoms with Crippen molar-refractivity contribution in [3.63, 3.8) is 0 Å². The van der Waals surface area contributed by atoms with Gasteiger partial charge < -0.3 is 15.6 Å². The van der Waals surface area contributed by atoms with Crippen LogP contribution in [0.5, 0.6) is 0 Å². The second kappa shape index (κ2) is 6.81. The largest absolute Gasteiger partial charge is 0.342 e. The van der Waals surface area contributed by atoms with Crippen molar-refractivity contribution in [3.8, 4) is 0 Å². The highest BCUT2D eigenvalue weighted by Gasteiger charge is 2.23. The van der Waals surface area contributed by atoms with Crippen LogP contribution in [0.15, 0.2) is 30.5 Å². The first-order chi connectivity index (χ1) is 13.3. The van der Waals surface area contributed by atoms with Crippen LogP contribution in [0.2, 0.25) is 0 Å². The first-order valence-electron chi connectivity index (χ1n) is 9.83. The minimum absolute atomic E-state index is 0.185. The van der Waals surface area contributed by atoms with Crippen molar-refractivity contribution < 1.29 is 4.79 Å². The maximum absolute atomic E-state index is 12.6. The Morgan fingerprint density at radius 2 is 2.11 bits per heavy atom. The smallest absolute Gasteiger partial charge is 0.276 e. The third kappa shape index (κ3) is 3.23. The molecular formula is C20H24N6O. The van der Waals surface area contributed by atoms with E-state index in [9.17, 15) is 4.79 Å². The predicted molar refractivity (Wildman–Crippen MR) is 104 cm³/mol. The molecule has 7 nitrogen and oxygen atoms in total. The summed E-state index contributed by atoms with van der Waals surface area (Å²) in [5, 5.41) is 10.8. The minimum Gasteiger partial charge on any atom is -0.342 e. The number of amides is 1. The fourth-order valence-electron chi connectivity index (χ4n) is 3.90. The fourth-order valence-corrected chi connectivity index (χ4v) is 3.90. The molecule has 2 aliphatic rings. The van der Waals surface area contributed by atoms with Crippen LogP contribution in [-0.2, 0) is 0 Å². The molecule has 1 saturated carbocycles. The summed E-state index contributed by atoms with van der Waals surface area (Å²) in [6, 6.07) is 7.91. The summed E-state index contributed by atoms with van der Waals surface area (Å²) in [7, 11) is 0. The monoisotopic (exact) mass is 364 g/mol. The summed E-state index contributed by atoms with van der Waals surface area (Å²) in [5.74, 6) is 1.45. The van der Waals surface area contributed by atoms with Crippen LogP contribution in [0.1, 0.15) is 60.4 Å². The zero-order chi connectivity index (χ0) is 18.2. The van der Waals surface area contributed by atoms with Gasteiger partial charge in [0.15, 0.2) is 5.69 Å². The van der Waals surface area contributed by atoms with E-state index in [2.05, 4.69) is 25.7 Å². The van der Waals surface area contributed by atoms with E-state index in [4.69, 9.17) is 0 Å². The number of nitrogens with one attached hydrogen (secondary N) is 3. The van der Waals surface area contributed by atoms with E-state index in [0.717, 1.165) is 48.5 Å². The molecule has 3 aromatic rings. The van der Waals surface area contributed by atoms with Gasteiger partial charge in [-0.15, -0.1) is 0 Å². The van der Waals surface area contributed by atoms with E-state index in [1.54, 1.807) is 6.07 Å². The van der Waals surface area contributed by atoms with Crippen LogP contribution in [0.4, 0.5) is 5.69 Å². The number of hydrogen-bond acceptors (Lipinski definition) is 4. The van der Waals surface area contributed by atoms with E-state index in [0.29, 0.717) is 17.7 Å². The molecule has 1 amide bonds. The average molecular weight is 364 g/mol. The standard InChI is InChI=1S/C20H24N6O/c27-20(17-8-10-26(25-17)15-5-2-9-21-12-15)22-14-6-7-16-18(11-14)24-19(23-16)13-3-1-4-13/h6-8,10-11,13,15,21H,1-5,9,12H2,(H,22,27)(H,23,24). The first-order valence-corrected chi connectivity index (χ1v) is 9.83. The Morgan fingerprint density at radius 3 is 2.89 bits per heavy atom. The highest BCUT2D eigenvalue weighted by molar-refractivity contribution is 6.03. The maximum atomic E-state index is 12.6. The molecule has 0 bridgehead atoms. The Balaban J connectivity index is 1.30. The Labute approximate surface area is 157 Å². The third-order valence-corrected chi connectivity index (χ3v) is 5.74. The number of piperidine rings is 1. The molecule has 0 radical (unpaired) electrons. The van der Waals surface area contributed by atoms with Crippen LogP contribution in [0, 0.1) is 0 Å². The number of nitrogens with zero attached hydrogens (tertiary/aromatic N) is 3. The lowest BCUT2D eigenvalue weighted by Gasteiger charge is -2.22. The highest BCUT2D eigenvalue weighted by atomic mass is 16.1. The molecule has 3 N–H and O–H groups in total. The molecule has 3 heterocycles. The van der Waals surface area contributed by atoms with Gasteiger partial charge in [0.05, 0.1) is 17.1 Å². The molecule has 5 rings (SSSR count). The Bertz CT molecular complexity index is 964. The van der Waals surface area contributed by atoms with E-state index < -0.39 is 0 Å². The molecule has 2 aromatic heterocycles. The molecule has 1 unspecified atom stereocenters. The van der Waals surface area contributed by atoms with Gasteiger partial charge in [0.1, 0.15) is 5.82 Å². The van der Waals surface area contributed by atoms with Crippen LogP contribution < -0.4 is 10.6 Å². The topological polar surface area (TPSA) is 87.6 Å². The summed E-state index contributed by atoms with van der Waals surface area (Å²) in [6.45, 7) is 1.96. The van der Waals surface area contributed by atoms with Crippen molar-refractivity contribution in [2.24, 2.45) is 0 Å². The quantitative estimate of drug-likeness (QED) is 0.663. The number of carbonyl (C=O) groups is 1. The SMILES string of the molecule is O=C(Nc1ccc2nc(C3CCC3)[nH]c2c1)c1ccn(C2CCCNC2)n1. The maximum Gasteiger partial charge on any atom is 0.276 e. The number of H-pyrrole nitrogens is 1. The highest BCUT2D eigenvalue weighted by Crippen LogP contribution is 2.35. The lowest BCUT2D eigenvalue weighted by molar-refractivity contribution is 0.102. The molecule has 27 heavy (non-hydrogen) atoms. The molecule has 2 fully saturated rings. The van der Waals surface area contributed by atoms with Crippen LogP contribution >= 0.6 is 0 Å². The van der Waals surface area contributed by atoms with E-state index in [-0.39, 0.29) is 5.91 Å². The third-order valence-electron chi connectivity index (χ3n) is 5.74. The minimum atomic E-state index is -0.185. The van der Waals surface area contributed by atoms with Crippen molar-refractivity contribution in [2.45, 2.75) is 44.1 Å². The number of hydrogen-bond donors (Lipinski definition) is 3. The second-order valence-electron chi connectivity index (χ2n) is 7.62. The van der Waals surface area contributed by atoms with Crippen molar-refractivity contribution in [3.05, 3.63) is 42.0 Å². The molecule has 1 saturated heterocycles. The number of carbonyl (C=O) groups excluding carboxylic acids is 1. The molecule has 1 aliphatic heterocycles. The zero-order valence-electron chi connectivity index (χ0n) is 15.2. The van der Waals surface area contributed by atoms with E-state index in [1.165, 1.54) is 19.3 Å². The van der Waals surface area contributed by atoms with Gasteiger partial charge in [-0.25, -0.2) is 4.98 Å². The second-order valence-corrected chi connectivity index (χ2v) is 7.62. The summed E-state index contributed by atoms with van der Waals surface area (Å²) >= 11 is 0. The van der Waals surface area contributed by atoms with Gasteiger partial charge >= 0.3 is 0 Å². The lowest BCUT2D eigenvalue weighted by Crippen LogP contribution is -2.32. The molecular weight excluding hydrogens is 340 g/mol. The molecule has 1 atom stereocenters. The van der Waals surface area contributed by atoms with Gasteiger partial charge in [-0.1, -0.05) is 6.42 Å². The number of benzene rings is 1. The fraction of sp³-hybridized carbons (Fsp3) is 0.450. The first kappa shape index (κ1) is 16.5. The lowest BCUT2D eigenvalue weighted by atomic mass is 9.85. The average Bonchev–Trinajstić information content (AvgIpc) is 3.27. The summed E-state index contributed by atoms with van der Waals surface area (Å²) < 4.78 is 1.91. The number of rotatable bonds is 4. The van der Waals surface area contributed by atoms with Crippen LogP contribution in [-0.4, -0.2) is 38.7 Å². The summed E-state index contributed by atoms with van der Waals surface area (Å²) in [6.07, 6.45) is 7.84. The van der Waals surface area contributed by atoms with Crippen molar-refractivity contribution in [1.29, 1.82) is 0 Å². The van der Waals surface area contributed by atoms with Crippen LogP contribution in [0.3, 0.4) is 0 Å². The van der Waals surface area contributed by atoms with E-state index >= 15 is 0 Å². The zero-order valence-corrected chi connectivity index (χ0v) is 15.2. The van der Waals surface area contributed by atoms with Gasteiger partial charge in [-0.2, -0.15) is 5.10 Å². The van der Waals surface area contributed by atoms with Crippen molar-refractivity contribution >= 4 is 22.6 Å². The molecule has 7 heteroatoms. The van der Waals surface area contributed by atoms with Gasteiger partial charge in [-0.3, -0.25) is 9.48 Å². The Morgan fingerprint density at radius 1 is 1.19 bits per heavy atom. The van der Waals surface area contributed by atoms with E-state index in [1.807, 2.05) is 29.1 Å². The summed E-state index contributed by atoms with van der Waals surface area (Å²) in [4.78, 5) is 20.7. The molecule has 140 valence electrons. The predicted octanol–water partition coefficient (Wildman–Crippen LogP) is 3.20. The number of fused-ring (bicyclic) bond motifs is 1. The number of aromatic nitrogens is 4. The Kier molecular flexibility index (Phi) is 4.16. The number of anilines is 1. The molecule has 0 spiro atoms. The van der Waals surface area contributed by atoms with Gasteiger partial charge in [-0.05, 0) is 56.5 Å². The molecule has 1 aromatic carbocycles. The normalized spacial score (nSPS) is 20.5. The van der Waals surface area contributed by atoms with Gasteiger partial charge in [0.2, 0.25) is 0 Å². The van der Waals surface area contributed by atoms with Gasteiger partial charge in [0, 0.05) is 24.3 Å². The number of imidazole rings is 1. The van der Waals surface area contributed by atoms with Gasteiger partial charge in [0.25, 0.3) is 5.91 Å². The van der Waals surface area contributed by atoms with Crippen LogP contribution in [0.25, 0.3) is 11.0 Å². The number of aromatic amines is 1. The van der Waals surface area contributed by atoms with Crippen molar-refractivity contribution in [1.82, 2.24) is 25.1 Å². The summed E-state index contributed by atoms with van der Waals surface area (Å²) in [5.41, 5.74) is 3.11. The van der Waals surface area contributed by atoms with Crippen molar-refractivity contribution in [2.75, 3.05) is 18.4 Å².